The van der Waals surface area contributed by atoms with Crippen molar-refractivity contribution in [2.24, 2.45) is 0 Å². The highest BCUT2D eigenvalue weighted by molar-refractivity contribution is 9.10. The van der Waals surface area contributed by atoms with Gasteiger partial charge in [-0.3, -0.25) is 4.79 Å². The number of hydrogen-bond donors (Lipinski definition) is 0. The normalized spacial score (nSPS) is 10.4. The number of halogens is 1. The Morgan fingerprint density at radius 1 is 1.00 bits per heavy atom. The van der Waals surface area contributed by atoms with Crippen molar-refractivity contribution in [3.63, 3.8) is 0 Å². The lowest BCUT2D eigenvalue weighted by atomic mass is 10.1. The summed E-state index contributed by atoms with van der Waals surface area (Å²) in [7, 11) is 0. The average Bonchev–Trinajstić information content (AvgIpc) is 2.48. The number of ether oxygens (including phenoxy) is 1. The van der Waals surface area contributed by atoms with Gasteiger partial charge in [0.15, 0.2) is 6.29 Å². The molecule has 0 radical (unpaired) electrons. The topological polar surface area (TPSA) is 52.1 Å². The minimum absolute atomic E-state index is 0.215. The molecule has 0 saturated carbocycles. The third-order valence-electron chi connectivity index (χ3n) is 2.77. The van der Waals surface area contributed by atoms with Crippen LogP contribution in [0.4, 0.5) is 0 Å². The van der Waals surface area contributed by atoms with Gasteiger partial charge in [-0.2, -0.15) is 0 Å². The van der Waals surface area contributed by atoms with Crippen LogP contribution in [-0.4, -0.2) is 16.3 Å². The zero-order chi connectivity index (χ0) is 13.9. The van der Waals surface area contributed by atoms with Crippen LogP contribution < -0.4 is 4.74 Å². The number of carbonyl (C=O) groups is 1. The van der Waals surface area contributed by atoms with E-state index in [2.05, 4.69) is 25.9 Å². The monoisotopic (exact) mass is 328 g/mol. The molecule has 5 heteroatoms. The van der Waals surface area contributed by atoms with E-state index in [1.54, 1.807) is 0 Å². The van der Waals surface area contributed by atoms with Gasteiger partial charge in [0.05, 0.1) is 5.56 Å². The van der Waals surface area contributed by atoms with Gasteiger partial charge < -0.3 is 4.74 Å². The van der Waals surface area contributed by atoms with Crippen LogP contribution in [0.25, 0.3) is 10.8 Å². The van der Waals surface area contributed by atoms with Crippen molar-refractivity contribution in [1.29, 1.82) is 0 Å². The predicted molar refractivity (Wildman–Crippen MR) is 79.1 cm³/mol. The summed E-state index contributed by atoms with van der Waals surface area (Å²) in [6.45, 7) is 0. The van der Waals surface area contributed by atoms with Gasteiger partial charge in [0, 0.05) is 16.9 Å². The second kappa shape index (κ2) is 5.38. The summed E-state index contributed by atoms with van der Waals surface area (Å²) in [6.07, 6.45) is 3.54. The second-order valence-corrected chi connectivity index (χ2v) is 5.09. The first-order chi connectivity index (χ1) is 9.74. The smallest absolute Gasteiger partial charge is 0.321 e. The summed E-state index contributed by atoms with van der Waals surface area (Å²) in [6, 6.07) is 12.0. The SMILES string of the molecule is O=Cc1cnc(Oc2ccc3cc(Br)ccc3c2)nc1. The van der Waals surface area contributed by atoms with Crippen molar-refractivity contribution in [2.45, 2.75) is 0 Å². The molecular weight excluding hydrogens is 320 g/mol. The first kappa shape index (κ1) is 12.7. The maximum Gasteiger partial charge on any atom is 0.321 e. The van der Waals surface area contributed by atoms with Crippen LogP contribution in [0.1, 0.15) is 10.4 Å². The molecule has 0 atom stereocenters. The lowest BCUT2D eigenvalue weighted by Crippen LogP contribution is -1.93. The van der Waals surface area contributed by atoms with Crippen LogP contribution in [0.2, 0.25) is 0 Å². The van der Waals surface area contributed by atoms with Crippen molar-refractivity contribution >= 4 is 33.0 Å². The number of aromatic nitrogens is 2. The minimum Gasteiger partial charge on any atom is -0.424 e. The molecule has 3 rings (SSSR count). The van der Waals surface area contributed by atoms with Gasteiger partial charge in [0.25, 0.3) is 0 Å². The molecule has 1 heterocycles. The molecule has 0 N–H and O–H groups in total. The summed E-state index contributed by atoms with van der Waals surface area (Å²) < 4.78 is 6.60. The number of aldehydes is 1. The molecule has 0 spiro atoms. The molecule has 0 aliphatic heterocycles. The van der Waals surface area contributed by atoms with Gasteiger partial charge in [-0.1, -0.05) is 28.1 Å². The van der Waals surface area contributed by atoms with E-state index in [1.807, 2.05) is 36.4 Å². The van der Waals surface area contributed by atoms with Crippen molar-refractivity contribution in [3.05, 3.63) is 58.8 Å². The fourth-order valence-electron chi connectivity index (χ4n) is 1.80. The molecule has 0 bridgehead atoms. The highest BCUT2D eigenvalue weighted by Gasteiger charge is 2.02. The first-order valence-electron chi connectivity index (χ1n) is 5.89. The summed E-state index contributed by atoms with van der Waals surface area (Å²) >= 11 is 3.44. The predicted octanol–water partition coefficient (Wildman–Crippen LogP) is 4.00. The lowest BCUT2D eigenvalue weighted by molar-refractivity contribution is 0.112. The maximum absolute atomic E-state index is 10.5. The Morgan fingerprint density at radius 3 is 2.45 bits per heavy atom. The molecule has 20 heavy (non-hydrogen) atoms. The molecule has 2 aromatic carbocycles. The molecule has 0 saturated heterocycles. The highest BCUT2D eigenvalue weighted by atomic mass is 79.9. The lowest BCUT2D eigenvalue weighted by Gasteiger charge is -2.05. The van der Waals surface area contributed by atoms with Gasteiger partial charge in [-0.25, -0.2) is 9.97 Å². The molecule has 0 amide bonds. The molecular formula is C15H9BrN2O2. The summed E-state index contributed by atoms with van der Waals surface area (Å²) in [4.78, 5) is 18.5. The molecule has 1 aromatic heterocycles. The second-order valence-electron chi connectivity index (χ2n) is 4.17. The Balaban J connectivity index is 1.89. The van der Waals surface area contributed by atoms with E-state index in [4.69, 9.17) is 4.74 Å². The van der Waals surface area contributed by atoms with Gasteiger partial charge in [0.2, 0.25) is 0 Å². The fourth-order valence-corrected chi connectivity index (χ4v) is 2.18. The van der Waals surface area contributed by atoms with E-state index in [0.29, 0.717) is 17.6 Å². The van der Waals surface area contributed by atoms with Gasteiger partial charge in [0.1, 0.15) is 5.75 Å². The zero-order valence-electron chi connectivity index (χ0n) is 10.3. The van der Waals surface area contributed by atoms with Crippen LogP contribution in [0, 0.1) is 0 Å². The van der Waals surface area contributed by atoms with Crippen molar-refractivity contribution in [2.75, 3.05) is 0 Å². The number of carbonyl (C=O) groups excluding carboxylic acids is 1. The van der Waals surface area contributed by atoms with E-state index in [9.17, 15) is 4.79 Å². The van der Waals surface area contributed by atoms with Gasteiger partial charge in [-0.05, 0) is 35.0 Å². The number of benzene rings is 2. The van der Waals surface area contributed by atoms with E-state index in [0.717, 1.165) is 15.2 Å². The summed E-state index contributed by atoms with van der Waals surface area (Å²) in [5.74, 6) is 0.652. The molecule has 3 aromatic rings. The van der Waals surface area contributed by atoms with Crippen LogP contribution in [0.3, 0.4) is 0 Å². The molecule has 4 nitrogen and oxygen atoms in total. The Hall–Kier alpha value is -2.27. The number of fused-ring (bicyclic) bond motifs is 1. The van der Waals surface area contributed by atoms with Crippen molar-refractivity contribution < 1.29 is 9.53 Å². The number of rotatable bonds is 3. The number of nitrogens with zero attached hydrogens (tertiary/aromatic N) is 2. The van der Waals surface area contributed by atoms with Crippen LogP contribution in [-0.2, 0) is 0 Å². The third kappa shape index (κ3) is 2.67. The summed E-state index contributed by atoms with van der Waals surface area (Å²) in [5, 5.41) is 2.18. The quantitative estimate of drug-likeness (QED) is 0.682. The highest BCUT2D eigenvalue weighted by Crippen LogP contribution is 2.26. The minimum atomic E-state index is 0.215. The summed E-state index contributed by atoms with van der Waals surface area (Å²) in [5.41, 5.74) is 0.417. The van der Waals surface area contributed by atoms with Gasteiger partial charge in [-0.15, -0.1) is 0 Å². The Morgan fingerprint density at radius 2 is 1.70 bits per heavy atom. The average molecular weight is 329 g/mol. The van der Waals surface area contributed by atoms with Crippen LogP contribution in [0.5, 0.6) is 11.8 Å². The van der Waals surface area contributed by atoms with E-state index >= 15 is 0 Å². The van der Waals surface area contributed by atoms with Crippen molar-refractivity contribution in [3.8, 4) is 11.8 Å². The molecule has 0 unspecified atom stereocenters. The Bertz CT molecular complexity index is 772. The third-order valence-corrected chi connectivity index (χ3v) is 3.26. The Labute approximate surface area is 123 Å². The Kier molecular flexibility index (Phi) is 3.43. The largest absolute Gasteiger partial charge is 0.424 e. The van der Waals surface area contributed by atoms with Crippen molar-refractivity contribution in [1.82, 2.24) is 9.97 Å². The first-order valence-corrected chi connectivity index (χ1v) is 6.68. The molecule has 98 valence electrons. The van der Waals surface area contributed by atoms with Gasteiger partial charge >= 0.3 is 6.01 Å². The maximum atomic E-state index is 10.5. The molecule has 0 fully saturated rings. The number of hydrogen-bond acceptors (Lipinski definition) is 4. The van der Waals surface area contributed by atoms with Crippen LogP contribution >= 0.6 is 15.9 Å². The van der Waals surface area contributed by atoms with Crippen LogP contribution in [0.15, 0.2) is 53.3 Å². The van der Waals surface area contributed by atoms with E-state index < -0.39 is 0 Å². The fraction of sp³-hybridized carbons (Fsp3) is 0. The molecule has 0 aliphatic rings. The molecule has 0 aliphatic carbocycles. The standard InChI is InChI=1S/C15H9BrN2O2/c16-13-3-1-12-6-14(4-2-11(12)5-13)20-15-17-7-10(9-19)8-18-15/h1-9H. The van der Waals surface area contributed by atoms with E-state index in [1.165, 1.54) is 12.4 Å². The van der Waals surface area contributed by atoms with E-state index in [-0.39, 0.29) is 6.01 Å². The zero-order valence-corrected chi connectivity index (χ0v) is 11.9.